The molecule has 0 saturated carbocycles. The molecule has 0 atom stereocenters. The Morgan fingerprint density at radius 2 is 1.96 bits per heavy atom. The van der Waals surface area contributed by atoms with Crippen molar-refractivity contribution in [2.24, 2.45) is 5.73 Å². The monoisotopic (exact) mass is 366 g/mol. The summed E-state index contributed by atoms with van der Waals surface area (Å²) in [4.78, 5) is 32.7. The van der Waals surface area contributed by atoms with Crippen molar-refractivity contribution in [3.63, 3.8) is 0 Å². The molecule has 6 nitrogen and oxygen atoms in total. The lowest BCUT2D eigenvalue weighted by Crippen LogP contribution is -2.38. The third-order valence-corrected chi connectivity index (χ3v) is 5.16. The summed E-state index contributed by atoms with van der Waals surface area (Å²) < 4.78 is 13.4. The summed E-state index contributed by atoms with van der Waals surface area (Å²) in [6, 6.07) is 7.82. The number of aromatic amines is 1. The molecule has 0 bridgehead atoms. The SMILES string of the molecule is NC(=O)c1ccc(C(=O)N2CCC(c3c[nH]c4cc(F)ccc34)CC2)nc1. The van der Waals surface area contributed by atoms with Crippen molar-refractivity contribution in [2.75, 3.05) is 13.1 Å². The van der Waals surface area contributed by atoms with Gasteiger partial charge in [-0.1, -0.05) is 0 Å². The Balaban J connectivity index is 1.45. The average Bonchev–Trinajstić information content (AvgIpc) is 3.10. The number of benzene rings is 1. The molecule has 2 aromatic heterocycles. The van der Waals surface area contributed by atoms with E-state index in [-0.39, 0.29) is 17.3 Å². The molecule has 2 amide bonds. The molecule has 1 aliphatic heterocycles. The second kappa shape index (κ2) is 6.83. The molecule has 27 heavy (non-hydrogen) atoms. The van der Waals surface area contributed by atoms with Crippen LogP contribution in [-0.2, 0) is 0 Å². The van der Waals surface area contributed by atoms with Gasteiger partial charge in [-0.2, -0.15) is 0 Å². The molecule has 0 spiro atoms. The van der Waals surface area contributed by atoms with E-state index in [1.165, 1.54) is 36.0 Å². The minimum absolute atomic E-state index is 0.148. The van der Waals surface area contributed by atoms with E-state index in [0.717, 1.165) is 23.7 Å². The summed E-state index contributed by atoms with van der Waals surface area (Å²) in [7, 11) is 0. The summed E-state index contributed by atoms with van der Waals surface area (Å²) in [6.45, 7) is 1.24. The van der Waals surface area contributed by atoms with Crippen LogP contribution in [0.5, 0.6) is 0 Å². The highest BCUT2D eigenvalue weighted by molar-refractivity contribution is 5.95. The van der Waals surface area contributed by atoms with Crippen molar-refractivity contribution in [1.29, 1.82) is 0 Å². The van der Waals surface area contributed by atoms with E-state index in [2.05, 4.69) is 9.97 Å². The lowest BCUT2D eigenvalue weighted by atomic mass is 9.89. The molecule has 1 saturated heterocycles. The maximum atomic E-state index is 13.4. The second-order valence-electron chi connectivity index (χ2n) is 6.80. The number of carbonyl (C=O) groups is 2. The summed E-state index contributed by atoms with van der Waals surface area (Å²) >= 11 is 0. The first kappa shape index (κ1) is 17.2. The zero-order chi connectivity index (χ0) is 19.0. The van der Waals surface area contributed by atoms with Gasteiger partial charge >= 0.3 is 0 Å². The van der Waals surface area contributed by atoms with Gasteiger partial charge in [0.1, 0.15) is 11.5 Å². The van der Waals surface area contributed by atoms with Crippen LogP contribution in [0.3, 0.4) is 0 Å². The number of primary amides is 1. The van der Waals surface area contributed by atoms with Crippen LogP contribution in [0.4, 0.5) is 4.39 Å². The van der Waals surface area contributed by atoms with Crippen molar-refractivity contribution in [1.82, 2.24) is 14.9 Å². The number of pyridine rings is 1. The molecule has 0 unspecified atom stereocenters. The maximum absolute atomic E-state index is 13.4. The molecular formula is C20H19FN4O2. The Hall–Kier alpha value is -3.22. The number of aromatic nitrogens is 2. The quantitative estimate of drug-likeness (QED) is 0.747. The summed E-state index contributed by atoms with van der Waals surface area (Å²) in [6.07, 6.45) is 4.93. The van der Waals surface area contributed by atoms with Gasteiger partial charge in [-0.3, -0.25) is 14.6 Å². The van der Waals surface area contributed by atoms with E-state index in [0.29, 0.717) is 24.7 Å². The fourth-order valence-corrected chi connectivity index (χ4v) is 3.68. The first-order chi connectivity index (χ1) is 13.0. The molecule has 0 aliphatic carbocycles. The molecule has 7 heteroatoms. The van der Waals surface area contributed by atoms with Crippen LogP contribution in [0.2, 0.25) is 0 Å². The standard InChI is InChI=1S/C20H19FN4O2/c21-14-2-3-15-16(11-24-18(15)9-14)12-5-7-25(8-6-12)20(27)17-4-1-13(10-23-17)19(22)26/h1-4,9-12,24H,5-8H2,(H2,22,26). The van der Waals surface area contributed by atoms with Gasteiger partial charge in [0.2, 0.25) is 5.91 Å². The van der Waals surface area contributed by atoms with Crippen LogP contribution < -0.4 is 5.73 Å². The molecule has 1 fully saturated rings. The minimum Gasteiger partial charge on any atom is -0.366 e. The Morgan fingerprint density at radius 1 is 1.19 bits per heavy atom. The number of nitrogens with two attached hydrogens (primary N) is 1. The third-order valence-electron chi connectivity index (χ3n) is 5.16. The van der Waals surface area contributed by atoms with E-state index in [1.54, 1.807) is 11.0 Å². The van der Waals surface area contributed by atoms with Crippen molar-refractivity contribution in [3.8, 4) is 0 Å². The van der Waals surface area contributed by atoms with Gasteiger partial charge in [-0.25, -0.2) is 4.39 Å². The van der Waals surface area contributed by atoms with E-state index in [4.69, 9.17) is 5.73 Å². The number of amides is 2. The predicted octanol–water partition coefficient (Wildman–Crippen LogP) is 2.82. The van der Waals surface area contributed by atoms with E-state index >= 15 is 0 Å². The van der Waals surface area contributed by atoms with Gasteiger partial charge < -0.3 is 15.6 Å². The fourth-order valence-electron chi connectivity index (χ4n) is 3.68. The smallest absolute Gasteiger partial charge is 0.272 e. The number of nitrogens with one attached hydrogen (secondary N) is 1. The van der Waals surface area contributed by atoms with Crippen molar-refractivity contribution in [3.05, 3.63) is 65.4 Å². The Kier molecular flexibility index (Phi) is 4.35. The van der Waals surface area contributed by atoms with Crippen LogP contribution >= 0.6 is 0 Å². The lowest BCUT2D eigenvalue weighted by Gasteiger charge is -2.31. The van der Waals surface area contributed by atoms with Gasteiger partial charge in [0, 0.05) is 36.4 Å². The molecule has 1 aromatic carbocycles. The van der Waals surface area contributed by atoms with Gasteiger partial charge in [0.25, 0.3) is 5.91 Å². The molecule has 1 aliphatic rings. The Labute approximate surface area is 155 Å². The molecule has 3 heterocycles. The highest BCUT2D eigenvalue weighted by Gasteiger charge is 2.26. The summed E-state index contributed by atoms with van der Waals surface area (Å²) in [5.41, 5.74) is 7.74. The average molecular weight is 366 g/mol. The second-order valence-corrected chi connectivity index (χ2v) is 6.80. The lowest BCUT2D eigenvalue weighted by molar-refractivity contribution is 0.0707. The fraction of sp³-hybridized carbons (Fsp3) is 0.250. The molecule has 0 radical (unpaired) electrons. The zero-order valence-electron chi connectivity index (χ0n) is 14.6. The predicted molar refractivity (Wildman–Crippen MR) is 98.9 cm³/mol. The van der Waals surface area contributed by atoms with Crippen LogP contribution in [0.15, 0.2) is 42.7 Å². The number of likely N-dealkylation sites (tertiary alicyclic amines) is 1. The van der Waals surface area contributed by atoms with E-state index < -0.39 is 5.91 Å². The van der Waals surface area contributed by atoms with E-state index in [1.807, 2.05) is 6.20 Å². The van der Waals surface area contributed by atoms with Crippen LogP contribution in [0, 0.1) is 5.82 Å². The number of H-pyrrole nitrogens is 1. The number of hydrogen-bond donors (Lipinski definition) is 2. The molecule has 3 N–H and O–H groups in total. The van der Waals surface area contributed by atoms with Gasteiger partial charge in [-0.05, 0) is 54.7 Å². The third kappa shape index (κ3) is 3.28. The minimum atomic E-state index is -0.569. The number of hydrogen-bond acceptors (Lipinski definition) is 3. The van der Waals surface area contributed by atoms with Gasteiger partial charge in [-0.15, -0.1) is 0 Å². The Morgan fingerprint density at radius 3 is 2.63 bits per heavy atom. The first-order valence-corrected chi connectivity index (χ1v) is 8.84. The number of carbonyl (C=O) groups excluding carboxylic acids is 2. The van der Waals surface area contributed by atoms with E-state index in [9.17, 15) is 14.0 Å². The topological polar surface area (TPSA) is 92.1 Å². The summed E-state index contributed by atoms with van der Waals surface area (Å²) in [5.74, 6) is -0.656. The number of piperidine rings is 1. The maximum Gasteiger partial charge on any atom is 0.272 e. The zero-order valence-corrected chi connectivity index (χ0v) is 14.6. The van der Waals surface area contributed by atoms with Gasteiger partial charge in [0.15, 0.2) is 0 Å². The first-order valence-electron chi connectivity index (χ1n) is 8.84. The molecule has 3 aromatic rings. The van der Waals surface area contributed by atoms with Gasteiger partial charge in [0.05, 0.1) is 5.56 Å². The number of fused-ring (bicyclic) bond motifs is 1. The molecular weight excluding hydrogens is 347 g/mol. The molecule has 4 rings (SSSR count). The van der Waals surface area contributed by atoms with Crippen LogP contribution in [0.25, 0.3) is 10.9 Å². The van der Waals surface area contributed by atoms with Crippen molar-refractivity contribution in [2.45, 2.75) is 18.8 Å². The highest BCUT2D eigenvalue weighted by Crippen LogP contribution is 2.33. The number of rotatable bonds is 3. The molecule has 138 valence electrons. The largest absolute Gasteiger partial charge is 0.366 e. The number of nitrogens with zero attached hydrogens (tertiary/aromatic N) is 2. The summed E-state index contributed by atoms with van der Waals surface area (Å²) in [5, 5.41) is 1.03. The number of halogens is 1. The van der Waals surface area contributed by atoms with Crippen molar-refractivity contribution < 1.29 is 14.0 Å². The van der Waals surface area contributed by atoms with Crippen molar-refractivity contribution >= 4 is 22.7 Å². The van der Waals surface area contributed by atoms with Crippen LogP contribution in [-0.4, -0.2) is 39.8 Å². The Bertz CT molecular complexity index is 1000. The normalized spacial score (nSPS) is 15.2. The highest BCUT2D eigenvalue weighted by atomic mass is 19.1. The van der Waals surface area contributed by atoms with Crippen LogP contribution in [0.1, 0.15) is 45.2 Å².